The third kappa shape index (κ3) is 5.81. The van der Waals surface area contributed by atoms with E-state index in [1.54, 1.807) is 0 Å². The molecule has 0 spiro atoms. The summed E-state index contributed by atoms with van der Waals surface area (Å²) < 4.78 is 28.2. The first kappa shape index (κ1) is 19.9. The lowest BCUT2D eigenvalue weighted by Gasteiger charge is -2.32. The lowest BCUT2D eigenvalue weighted by Crippen LogP contribution is -2.43. The van der Waals surface area contributed by atoms with E-state index in [1.165, 1.54) is 12.1 Å². The molecule has 0 atom stereocenters. The van der Waals surface area contributed by atoms with E-state index in [2.05, 4.69) is 4.98 Å². The van der Waals surface area contributed by atoms with Crippen molar-refractivity contribution >= 4 is 27.5 Å². The molecule has 0 bridgehead atoms. The number of amides is 1. The van der Waals surface area contributed by atoms with Gasteiger partial charge in [-0.1, -0.05) is 11.6 Å². The van der Waals surface area contributed by atoms with Gasteiger partial charge in [0.05, 0.1) is 13.2 Å². The van der Waals surface area contributed by atoms with Gasteiger partial charge in [-0.15, -0.1) is 0 Å². The zero-order valence-corrected chi connectivity index (χ0v) is 15.9. The molecule has 1 saturated heterocycles. The van der Waals surface area contributed by atoms with Crippen LogP contribution in [0.4, 0.5) is 0 Å². The first-order valence-corrected chi connectivity index (χ1v) is 9.84. The maximum absolute atomic E-state index is 12.0. The molecule has 0 aliphatic carbocycles. The van der Waals surface area contributed by atoms with Gasteiger partial charge in [-0.3, -0.25) is 4.79 Å². The highest BCUT2D eigenvalue weighted by Gasteiger charge is 2.23. The smallest absolute Gasteiger partial charge is 0.241 e. The summed E-state index contributed by atoms with van der Waals surface area (Å²) in [5.74, 6) is 0.696. The Hall–Kier alpha value is -1.42. The monoisotopic (exact) mass is 390 g/mol. The van der Waals surface area contributed by atoms with Crippen LogP contribution in [0.25, 0.3) is 0 Å². The van der Waals surface area contributed by atoms with Crippen LogP contribution < -0.4 is 9.88 Å². The van der Waals surface area contributed by atoms with Gasteiger partial charge >= 0.3 is 0 Å². The number of ether oxygens (including phenoxy) is 1. The van der Waals surface area contributed by atoms with Gasteiger partial charge in [-0.25, -0.2) is 18.5 Å². The second-order valence-electron chi connectivity index (χ2n) is 6.36. The van der Waals surface area contributed by atoms with Gasteiger partial charge in [0.2, 0.25) is 21.8 Å². The Morgan fingerprint density at radius 3 is 2.56 bits per heavy atom. The van der Waals surface area contributed by atoms with Crippen LogP contribution in [0, 0.1) is 5.92 Å². The molecular formula is C15H23ClN4O4S. The summed E-state index contributed by atoms with van der Waals surface area (Å²) >= 11 is 5.83. The van der Waals surface area contributed by atoms with Crippen molar-refractivity contribution in [3.63, 3.8) is 0 Å². The number of likely N-dealkylation sites (tertiary alicyclic amines) is 1. The molecule has 1 fully saturated rings. The van der Waals surface area contributed by atoms with E-state index in [-0.39, 0.29) is 21.8 Å². The van der Waals surface area contributed by atoms with Crippen LogP contribution in [0.15, 0.2) is 17.0 Å². The summed E-state index contributed by atoms with van der Waals surface area (Å²) in [6, 6.07) is 2.71. The van der Waals surface area contributed by atoms with Crippen molar-refractivity contribution in [2.24, 2.45) is 11.1 Å². The number of aromatic nitrogens is 1. The van der Waals surface area contributed by atoms with Gasteiger partial charge in [0.25, 0.3) is 0 Å². The number of hydrogen-bond donors (Lipinski definition) is 1. The number of carbonyl (C=O) groups is 1. The molecule has 1 aromatic heterocycles. The van der Waals surface area contributed by atoms with E-state index >= 15 is 0 Å². The third-order valence-corrected chi connectivity index (χ3v) is 5.32. The van der Waals surface area contributed by atoms with Crippen molar-refractivity contribution in [3.05, 3.63) is 17.3 Å². The molecule has 2 heterocycles. The van der Waals surface area contributed by atoms with Crippen LogP contribution in [0.2, 0.25) is 5.15 Å². The van der Waals surface area contributed by atoms with Crippen molar-refractivity contribution in [2.75, 3.05) is 40.3 Å². The molecule has 2 N–H and O–H groups in total. The Morgan fingerprint density at radius 2 is 2.04 bits per heavy atom. The molecule has 0 aromatic carbocycles. The summed E-state index contributed by atoms with van der Waals surface area (Å²) in [5.41, 5.74) is 0. The average molecular weight is 391 g/mol. The minimum Gasteiger partial charge on any atom is -0.477 e. The predicted molar refractivity (Wildman–Crippen MR) is 94.0 cm³/mol. The normalized spacial score (nSPS) is 16.3. The highest BCUT2D eigenvalue weighted by atomic mass is 35.5. The lowest BCUT2D eigenvalue weighted by atomic mass is 9.98. The van der Waals surface area contributed by atoms with Crippen molar-refractivity contribution in [1.29, 1.82) is 0 Å². The number of nitrogens with two attached hydrogens (primary N) is 1. The number of halogens is 1. The zero-order valence-electron chi connectivity index (χ0n) is 14.3. The van der Waals surface area contributed by atoms with Gasteiger partial charge in [-0.2, -0.15) is 0 Å². The predicted octanol–water partition coefficient (Wildman–Crippen LogP) is 0.561. The highest BCUT2D eigenvalue weighted by molar-refractivity contribution is 7.89. The Morgan fingerprint density at radius 1 is 1.40 bits per heavy atom. The third-order valence-electron chi connectivity index (χ3n) is 3.98. The van der Waals surface area contributed by atoms with E-state index in [0.29, 0.717) is 32.2 Å². The van der Waals surface area contributed by atoms with Crippen LogP contribution in [0.3, 0.4) is 0 Å². The van der Waals surface area contributed by atoms with E-state index in [9.17, 15) is 13.2 Å². The maximum atomic E-state index is 12.0. The molecule has 1 aliphatic heterocycles. The number of hydrogen-bond acceptors (Lipinski definition) is 6. The summed E-state index contributed by atoms with van der Waals surface area (Å²) in [5, 5.41) is 4.83. The first-order chi connectivity index (χ1) is 11.7. The molecule has 1 amide bonds. The highest BCUT2D eigenvalue weighted by Crippen LogP contribution is 2.23. The van der Waals surface area contributed by atoms with Gasteiger partial charge in [0.1, 0.15) is 4.90 Å². The van der Waals surface area contributed by atoms with Crippen LogP contribution in [-0.4, -0.2) is 69.4 Å². The van der Waals surface area contributed by atoms with Gasteiger partial charge in [0, 0.05) is 19.2 Å². The van der Waals surface area contributed by atoms with Crippen molar-refractivity contribution in [3.8, 4) is 5.88 Å². The summed E-state index contributed by atoms with van der Waals surface area (Å²) in [4.78, 5) is 19.4. The molecular weight excluding hydrogens is 368 g/mol. The zero-order chi connectivity index (χ0) is 18.6. The number of pyridine rings is 1. The van der Waals surface area contributed by atoms with Gasteiger partial charge in [-0.05, 0) is 38.9 Å². The molecule has 0 radical (unpaired) electrons. The molecule has 140 valence electrons. The quantitative estimate of drug-likeness (QED) is 0.711. The minimum absolute atomic E-state index is 0.136. The topological polar surface area (TPSA) is 106 Å². The summed E-state index contributed by atoms with van der Waals surface area (Å²) in [7, 11) is -0.154. The van der Waals surface area contributed by atoms with Crippen LogP contribution in [0.5, 0.6) is 5.88 Å². The second-order valence-corrected chi connectivity index (χ2v) is 8.24. The van der Waals surface area contributed by atoms with Crippen molar-refractivity contribution in [1.82, 2.24) is 14.8 Å². The molecule has 0 saturated carbocycles. The van der Waals surface area contributed by atoms with Gasteiger partial charge in [0.15, 0.2) is 5.15 Å². The number of nitrogens with zero attached hydrogens (tertiary/aromatic N) is 3. The number of likely N-dealkylation sites (N-methyl/N-ethyl adjacent to an activating group) is 1. The van der Waals surface area contributed by atoms with Crippen LogP contribution in [-0.2, 0) is 14.8 Å². The molecule has 10 heteroatoms. The minimum atomic E-state index is -3.90. The molecule has 0 unspecified atom stereocenters. The van der Waals surface area contributed by atoms with E-state index in [4.69, 9.17) is 21.5 Å². The number of primary sulfonamides is 1. The summed E-state index contributed by atoms with van der Waals surface area (Å²) in [6.45, 7) is 2.27. The van der Waals surface area contributed by atoms with Crippen LogP contribution >= 0.6 is 11.6 Å². The molecule has 2 rings (SSSR count). The Balaban J connectivity index is 1.83. The lowest BCUT2D eigenvalue weighted by molar-refractivity contribution is -0.133. The van der Waals surface area contributed by atoms with Crippen LogP contribution in [0.1, 0.15) is 12.8 Å². The Labute approximate surface area is 152 Å². The maximum Gasteiger partial charge on any atom is 0.241 e. The second kappa shape index (κ2) is 8.31. The fraction of sp³-hybridized carbons (Fsp3) is 0.600. The molecule has 25 heavy (non-hydrogen) atoms. The van der Waals surface area contributed by atoms with Gasteiger partial charge < -0.3 is 14.5 Å². The number of piperidine rings is 1. The molecule has 1 aliphatic rings. The van der Waals surface area contributed by atoms with E-state index < -0.39 is 10.0 Å². The fourth-order valence-electron chi connectivity index (χ4n) is 2.62. The number of sulfonamides is 1. The molecule has 8 nitrogen and oxygen atoms in total. The largest absolute Gasteiger partial charge is 0.477 e. The van der Waals surface area contributed by atoms with E-state index in [0.717, 1.165) is 12.8 Å². The van der Waals surface area contributed by atoms with Crippen molar-refractivity contribution < 1.29 is 17.9 Å². The Kier molecular flexibility index (Phi) is 6.61. The molecule has 1 aromatic rings. The SMILES string of the molecule is CN(C)CC(=O)N1CCC(COc2ccc(S(N)(=O)=O)c(Cl)n2)CC1. The first-order valence-electron chi connectivity index (χ1n) is 7.91. The summed E-state index contributed by atoms with van der Waals surface area (Å²) in [6.07, 6.45) is 1.70. The van der Waals surface area contributed by atoms with E-state index in [1.807, 2.05) is 23.9 Å². The standard InChI is InChI=1S/C15H23ClN4O4S/c1-19(2)9-14(21)20-7-5-11(6-8-20)10-24-13-4-3-12(15(16)18-13)25(17,22)23/h3-4,11H,5-10H2,1-2H3,(H2,17,22,23). The van der Waals surface area contributed by atoms with Crippen molar-refractivity contribution in [2.45, 2.75) is 17.7 Å². The number of rotatable bonds is 6. The fourth-order valence-corrected chi connectivity index (χ4v) is 3.63. The number of carbonyl (C=O) groups excluding carboxylic acids is 1. The Bertz CT molecular complexity index is 718. The average Bonchev–Trinajstić information content (AvgIpc) is 2.51.